The number of hydrogen-bond donors (Lipinski definition) is 2. The van der Waals surface area contributed by atoms with Gasteiger partial charge < -0.3 is 11.1 Å². The summed E-state index contributed by atoms with van der Waals surface area (Å²) in [5.74, 6) is 0.292. The Bertz CT molecular complexity index is 531. The van der Waals surface area contributed by atoms with Crippen molar-refractivity contribution in [3.05, 3.63) is 17.3 Å². The van der Waals surface area contributed by atoms with Crippen molar-refractivity contribution in [1.29, 1.82) is 0 Å². The summed E-state index contributed by atoms with van der Waals surface area (Å²) in [6.07, 6.45) is 1.63. The van der Waals surface area contributed by atoms with Crippen LogP contribution in [0.1, 0.15) is 29.7 Å². The van der Waals surface area contributed by atoms with Crippen molar-refractivity contribution in [2.24, 2.45) is 0 Å². The molecule has 0 unspecified atom stereocenters. The first kappa shape index (κ1) is 11.5. The molecule has 0 spiro atoms. The van der Waals surface area contributed by atoms with E-state index in [0.29, 0.717) is 5.82 Å². The summed E-state index contributed by atoms with van der Waals surface area (Å²) < 4.78 is 1.71. The van der Waals surface area contributed by atoms with Crippen molar-refractivity contribution in [1.82, 2.24) is 20.0 Å². The van der Waals surface area contributed by atoms with Gasteiger partial charge in [-0.1, -0.05) is 11.3 Å². The van der Waals surface area contributed by atoms with Crippen molar-refractivity contribution >= 4 is 28.2 Å². The molecule has 0 aliphatic heterocycles. The van der Waals surface area contributed by atoms with E-state index in [9.17, 15) is 4.79 Å². The summed E-state index contributed by atoms with van der Waals surface area (Å²) in [6.45, 7) is 3.96. The summed E-state index contributed by atoms with van der Waals surface area (Å²) >= 11 is 1.05. The molecule has 2 aromatic heterocycles. The minimum absolute atomic E-state index is 0.166. The molecule has 0 aliphatic carbocycles. The van der Waals surface area contributed by atoms with E-state index in [0.717, 1.165) is 11.3 Å². The molecule has 0 saturated heterocycles. The molecule has 2 aromatic rings. The molecule has 3 N–H and O–H groups in total. The number of hydrogen-bond acceptors (Lipinski definition) is 6. The smallest absolute Gasteiger partial charge is 0.287 e. The molecule has 7 nitrogen and oxygen atoms in total. The second kappa shape index (κ2) is 4.50. The molecule has 17 heavy (non-hydrogen) atoms. The summed E-state index contributed by atoms with van der Waals surface area (Å²) in [6, 6.07) is 1.89. The number of rotatable bonds is 3. The third-order valence-electron chi connectivity index (χ3n) is 2.04. The molecule has 0 fully saturated rings. The lowest BCUT2D eigenvalue weighted by atomic mass is 10.4. The van der Waals surface area contributed by atoms with Gasteiger partial charge in [-0.3, -0.25) is 4.79 Å². The highest BCUT2D eigenvalue weighted by Gasteiger charge is 2.14. The molecule has 0 radical (unpaired) electrons. The van der Waals surface area contributed by atoms with Gasteiger partial charge in [-0.15, -0.1) is 10.2 Å². The van der Waals surface area contributed by atoms with E-state index < -0.39 is 0 Å². The van der Waals surface area contributed by atoms with Crippen molar-refractivity contribution in [3.63, 3.8) is 0 Å². The second-order valence-electron chi connectivity index (χ2n) is 3.65. The third-order valence-corrected chi connectivity index (χ3v) is 2.79. The van der Waals surface area contributed by atoms with Gasteiger partial charge in [-0.05, 0) is 13.8 Å². The number of nitrogen functional groups attached to an aromatic ring is 1. The maximum atomic E-state index is 11.8. The van der Waals surface area contributed by atoms with Crippen LogP contribution in [0.25, 0.3) is 0 Å². The Kier molecular flexibility index (Phi) is 3.05. The highest BCUT2D eigenvalue weighted by Crippen LogP contribution is 2.16. The molecule has 90 valence electrons. The average Bonchev–Trinajstić information content (AvgIpc) is 2.86. The minimum Gasteiger partial charge on any atom is -0.374 e. The Balaban J connectivity index is 2.16. The van der Waals surface area contributed by atoms with E-state index in [1.54, 1.807) is 16.9 Å². The highest BCUT2D eigenvalue weighted by molar-refractivity contribution is 7.16. The lowest BCUT2D eigenvalue weighted by molar-refractivity contribution is 0.102. The molecule has 2 heterocycles. The Hall–Kier alpha value is -1.96. The van der Waals surface area contributed by atoms with Crippen molar-refractivity contribution in [3.8, 4) is 0 Å². The highest BCUT2D eigenvalue weighted by atomic mass is 32.1. The third kappa shape index (κ3) is 2.41. The maximum absolute atomic E-state index is 11.8. The van der Waals surface area contributed by atoms with Crippen LogP contribution in [-0.4, -0.2) is 25.9 Å². The molecule has 0 saturated carbocycles. The number of carbonyl (C=O) groups is 1. The van der Waals surface area contributed by atoms with Crippen LogP contribution in [0, 0.1) is 0 Å². The summed E-state index contributed by atoms with van der Waals surface area (Å²) in [5.41, 5.74) is 5.42. The van der Waals surface area contributed by atoms with Gasteiger partial charge in [0.15, 0.2) is 0 Å². The van der Waals surface area contributed by atoms with Gasteiger partial charge in [-0.2, -0.15) is 5.10 Å². The first-order chi connectivity index (χ1) is 8.08. The van der Waals surface area contributed by atoms with Crippen LogP contribution in [0.2, 0.25) is 0 Å². The molecule has 0 aliphatic rings. The van der Waals surface area contributed by atoms with E-state index in [1.807, 2.05) is 13.8 Å². The Morgan fingerprint density at radius 1 is 1.53 bits per heavy atom. The van der Waals surface area contributed by atoms with E-state index in [4.69, 9.17) is 5.73 Å². The van der Waals surface area contributed by atoms with Gasteiger partial charge in [0.1, 0.15) is 5.82 Å². The van der Waals surface area contributed by atoms with Crippen LogP contribution in [0.15, 0.2) is 12.3 Å². The van der Waals surface area contributed by atoms with Crippen molar-refractivity contribution in [2.75, 3.05) is 11.1 Å². The van der Waals surface area contributed by atoms with E-state index >= 15 is 0 Å². The normalized spacial score (nSPS) is 10.8. The van der Waals surface area contributed by atoms with Gasteiger partial charge in [-0.25, -0.2) is 4.68 Å². The second-order valence-corrected chi connectivity index (χ2v) is 4.66. The Morgan fingerprint density at radius 3 is 2.88 bits per heavy atom. The van der Waals surface area contributed by atoms with Gasteiger partial charge in [0.05, 0.1) is 6.20 Å². The fourth-order valence-electron chi connectivity index (χ4n) is 1.32. The predicted octanol–water partition coefficient (Wildman–Crippen LogP) is 1.15. The number of nitrogens with one attached hydrogen (secondary N) is 1. The molecule has 0 aromatic carbocycles. The van der Waals surface area contributed by atoms with Gasteiger partial charge in [0.25, 0.3) is 5.91 Å². The SMILES string of the molecule is CC(C)n1nccc1NC(=O)c1nnc(N)s1. The molecule has 0 bridgehead atoms. The average molecular weight is 252 g/mol. The van der Waals surface area contributed by atoms with Crippen molar-refractivity contribution in [2.45, 2.75) is 19.9 Å². The molecule has 1 amide bonds. The van der Waals surface area contributed by atoms with Crippen LogP contribution >= 0.6 is 11.3 Å². The Labute approximate surface area is 102 Å². The largest absolute Gasteiger partial charge is 0.374 e. The van der Waals surface area contributed by atoms with Crippen LogP contribution in [-0.2, 0) is 0 Å². The lowest BCUT2D eigenvalue weighted by Crippen LogP contribution is -2.16. The number of anilines is 2. The molecule has 0 atom stereocenters. The fraction of sp³-hybridized carbons (Fsp3) is 0.333. The van der Waals surface area contributed by atoms with Crippen LogP contribution in [0.3, 0.4) is 0 Å². The van der Waals surface area contributed by atoms with E-state index in [1.165, 1.54) is 0 Å². The quantitative estimate of drug-likeness (QED) is 0.853. The van der Waals surface area contributed by atoms with Crippen LogP contribution in [0.5, 0.6) is 0 Å². The fourth-order valence-corrected chi connectivity index (χ4v) is 1.83. The number of nitrogens with two attached hydrogens (primary N) is 1. The summed E-state index contributed by atoms with van der Waals surface area (Å²) in [4.78, 5) is 11.8. The number of aromatic nitrogens is 4. The molecule has 8 heteroatoms. The summed E-state index contributed by atoms with van der Waals surface area (Å²) in [5, 5.41) is 14.6. The standard InChI is InChI=1S/C9H12N6OS/c1-5(2)15-6(3-4-11-15)12-7(16)8-13-14-9(10)17-8/h3-5H,1-2H3,(H2,10,14)(H,12,16). The molecular formula is C9H12N6OS. The van der Waals surface area contributed by atoms with Gasteiger partial charge in [0.2, 0.25) is 10.1 Å². The van der Waals surface area contributed by atoms with Crippen LogP contribution < -0.4 is 11.1 Å². The van der Waals surface area contributed by atoms with Crippen molar-refractivity contribution < 1.29 is 4.79 Å². The zero-order valence-electron chi connectivity index (χ0n) is 9.41. The number of nitrogens with zero attached hydrogens (tertiary/aromatic N) is 4. The van der Waals surface area contributed by atoms with E-state index in [2.05, 4.69) is 20.6 Å². The lowest BCUT2D eigenvalue weighted by Gasteiger charge is -2.10. The maximum Gasteiger partial charge on any atom is 0.287 e. The molecular weight excluding hydrogens is 240 g/mol. The summed E-state index contributed by atoms with van der Waals surface area (Å²) in [7, 11) is 0. The first-order valence-electron chi connectivity index (χ1n) is 5.01. The molecule has 2 rings (SSSR count). The zero-order valence-corrected chi connectivity index (χ0v) is 10.2. The predicted molar refractivity (Wildman–Crippen MR) is 64.9 cm³/mol. The number of carbonyl (C=O) groups excluding carboxylic acids is 1. The Morgan fingerprint density at radius 2 is 2.29 bits per heavy atom. The number of amides is 1. The van der Waals surface area contributed by atoms with Gasteiger partial charge in [0, 0.05) is 12.1 Å². The van der Waals surface area contributed by atoms with Gasteiger partial charge >= 0.3 is 0 Å². The first-order valence-corrected chi connectivity index (χ1v) is 5.83. The monoisotopic (exact) mass is 252 g/mol. The topological polar surface area (TPSA) is 98.7 Å². The zero-order chi connectivity index (χ0) is 12.4. The van der Waals surface area contributed by atoms with Crippen LogP contribution in [0.4, 0.5) is 10.9 Å². The van der Waals surface area contributed by atoms with E-state index in [-0.39, 0.29) is 22.1 Å². The minimum atomic E-state index is -0.332.